The van der Waals surface area contributed by atoms with Gasteiger partial charge in [-0.15, -0.1) is 0 Å². The zero-order chi connectivity index (χ0) is 15.9. The van der Waals surface area contributed by atoms with E-state index in [2.05, 4.69) is 52.8 Å². The van der Waals surface area contributed by atoms with Crippen LogP contribution in [0.1, 0.15) is 5.69 Å². The fourth-order valence-electron chi connectivity index (χ4n) is 2.16. The highest BCUT2D eigenvalue weighted by atomic mass is 80.0. The topological polar surface area (TPSA) is 69.2 Å². The third-order valence-electron chi connectivity index (χ3n) is 3.09. The van der Waals surface area contributed by atoms with E-state index in [4.69, 9.17) is 4.42 Å². The van der Waals surface area contributed by atoms with Gasteiger partial charge in [-0.2, -0.15) is 0 Å². The molecule has 2 heterocycles. The Kier molecular flexibility index (Phi) is 4.09. The lowest BCUT2D eigenvalue weighted by molar-refractivity contribution is -0.384. The minimum absolute atomic E-state index is 0.0772. The van der Waals surface area contributed by atoms with Gasteiger partial charge in [-0.3, -0.25) is 10.1 Å². The average Bonchev–Trinajstić information content (AvgIpc) is 2.94. The molecule has 0 spiro atoms. The third kappa shape index (κ3) is 2.82. The van der Waals surface area contributed by atoms with Crippen LogP contribution in [0.5, 0.6) is 0 Å². The maximum Gasteiger partial charge on any atom is 0.315 e. The lowest BCUT2D eigenvalue weighted by Crippen LogP contribution is -2.03. The minimum Gasteiger partial charge on any atom is -0.457 e. The highest BCUT2D eigenvalue weighted by Crippen LogP contribution is 2.46. The molecule has 0 fully saturated rings. The lowest BCUT2D eigenvalue weighted by atomic mass is 10.0. The van der Waals surface area contributed by atoms with Crippen LogP contribution in [0.3, 0.4) is 0 Å². The molecule has 0 radical (unpaired) electrons. The number of aromatic nitrogens is 1. The van der Waals surface area contributed by atoms with Crippen molar-refractivity contribution in [3.8, 4) is 11.3 Å². The Morgan fingerprint density at radius 3 is 2.59 bits per heavy atom. The molecule has 0 saturated heterocycles. The molecule has 8 heteroatoms. The maximum absolute atomic E-state index is 11.2. The van der Waals surface area contributed by atoms with Gasteiger partial charge in [-0.25, -0.2) is 4.98 Å². The van der Waals surface area contributed by atoms with Crippen molar-refractivity contribution >= 4 is 64.4 Å². The first kappa shape index (κ1) is 15.6. The average molecular weight is 491 g/mol. The third-order valence-corrected chi connectivity index (χ3v) is 4.31. The molecule has 112 valence electrons. The minimum atomic E-state index is -0.729. The number of furan rings is 1. The van der Waals surface area contributed by atoms with Gasteiger partial charge in [-0.1, -0.05) is 66.0 Å². The summed E-state index contributed by atoms with van der Waals surface area (Å²) < 4.78 is 4.64. The summed E-state index contributed by atoms with van der Waals surface area (Å²) >= 11 is 10.3. The highest BCUT2D eigenvalue weighted by molar-refractivity contribution is 9.38. The molecule has 0 amide bonds. The molecule has 2 aromatic heterocycles. The molecule has 0 bridgehead atoms. The van der Waals surface area contributed by atoms with E-state index in [1.165, 1.54) is 12.3 Å². The molecule has 0 aliphatic rings. The number of pyridine rings is 1. The zero-order valence-electron chi connectivity index (χ0n) is 10.8. The van der Waals surface area contributed by atoms with Crippen molar-refractivity contribution in [1.29, 1.82) is 0 Å². The standard InChI is InChI=1S/C14H7Br3N2O3/c15-14(16,17)12-7-9(8-3-1-2-4-10(8)18-12)13-11(19(20)21)5-6-22-13/h1-7H. The number of halogens is 3. The molecule has 3 aromatic rings. The van der Waals surface area contributed by atoms with Gasteiger partial charge in [-0.05, 0) is 12.1 Å². The molecule has 3 rings (SSSR count). The molecule has 0 aliphatic carbocycles. The molecular weight excluding hydrogens is 484 g/mol. The number of hydrogen-bond donors (Lipinski definition) is 0. The predicted octanol–water partition coefficient (Wildman–Crippen LogP) is 5.70. The quantitative estimate of drug-likeness (QED) is 0.262. The first-order valence-corrected chi connectivity index (χ1v) is 8.45. The van der Waals surface area contributed by atoms with Crippen LogP contribution in [0.2, 0.25) is 0 Å². The Bertz CT molecular complexity index is 871. The molecule has 0 aliphatic heterocycles. The summed E-state index contributed by atoms with van der Waals surface area (Å²) in [6.07, 6.45) is 1.31. The number of para-hydroxylation sites is 1. The molecule has 0 unspecified atom stereocenters. The smallest absolute Gasteiger partial charge is 0.315 e. The second-order valence-electron chi connectivity index (χ2n) is 4.46. The summed E-state index contributed by atoms with van der Waals surface area (Å²) in [5, 5.41) is 12.0. The van der Waals surface area contributed by atoms with Crippen molar-refractivity contribution in [2.24, 2.45) is 0 Å². The van der Waals surface area contributed by atoms with E-state index in [1.54, 1.807) is 6.07 Å². The van der Waals surface area contributed by atoms with Crippen molar-refractivity contribution in [1.82, 2.24) is 4.98 Å². The van der Waals surface area contributed by atoms with E-state index in [0.717, 1.165) is 5.39 Å². The zero-order valence-corrected chi connectivity index (χ0v) is 15.6. The van der Waals surface area contributed by atoms with Crippen LogP contribution in [-0.2, 0) is 2.14 Å². The summed E-state index contributed by atoms with van der Waals surface area (Å²) in [5.74, 6) is 0.210. The molecule has 22 heavy (non-hydrogen) atoms. The van der Waals surface area contributed by atoms with Gasteiger partial charge in [0.1, 0.15) is 0 Å². The first-order valence-electron chi connectivity index (χ1n) is 6.07. The van der Waals surface area contributed by atoms with Gasteiger partial charge >= 0.3 is 5.69 Å². The SMILES string of the molecule is O=[N+]([O-])c1ccoc1-c1cc(C(Br)(Br)Br)nc2ccccc12. The van der Waals surface area contributed by atoms with E-state index in [1.807, 2.05) is 24.3 Å². The number of nitro groups is 1. The Hall–Kier alpha value is -1.25. The molecule has 0 atom stereocenters. The van der Waals surface area contributed by atoms with Crippen molar-refractivity contribution in [2.45, 2.75) is 2.14 Å². The van der Waals surface area contributed by atoms with Gasteiger partial charge in [0.05, 0.1) is 28.5 Å². The molecule has 1 aromatic carbocycles. The Balaban J connectivity index is 2.36. The largest absolute Gasteiger partial charge is 0.457 e. The monoisotopic (exact) mass is 488 g/mol. The van der Waals surface area contributed by atoms with E-state index < -0.39 is 7.07 Å². The lowest BCUT2D eigenvalue weighted by Gasteiger charge is -2.14. The van der Waals surface area contributed by atoms with Crippen LogP contribution in [-0.4, -0.2) is 9.91 Å². The van der Waals surface area contributed by atoms with Crippen LogP contribution in [0, 0.1) is 10.1 Å². The highest BCUT2D eigenvalue weighted by Gasteiger charge is 2.27. The second kappa shape index (κ2) is 5.75. The number of rotatable bonds is 2. The Morgan fingerprint density at radius 2 is 1.91 bits per heavy atom. The second-order valence-corrected chi connectivity index (χ2v) is 11.2. The van der Waals surface area contributed by atoms with Gasteiger partial charge in [0.15, 0.2) is 2.14 Å². The van der Waals surface area contributed by atoms with Crippen LogP contribution < -0.4 is 0 Å². The summed E-state index contributed by atoms with van der Waals surface area (Å²) in [6.45, 7) is 0. The number of nitrogens with zero attached hydrogens (tertiary/aromatic N) is 2. The molecular formula is C14H7Br3N2O3. The maximum atomic E-state index is 11.2. The van der Waals surface area contributed by atoms with E-state index in [9.17, 15) is 10.1 Å². The first-order chi connectivity index (χ1) is 10.4. The Labute approximate surface area is 150 Å². The Morgan fingerprint density at radius 1 is 1.18 bits per heavy atom. The van der Waals surface area contributed by atoms with Crippen LogP contribution >= 0.6 is 47.8 Å². The van der Waals surface area contributed by atoms with Crippen LogP contribution in [0.4, 0.5) is 5.69 Å². The summed E-state index contributed by atoms with van der Waals surface area (Å²) in [6, 6.07) is 10.5. The van der Waals surface area contributed by atoms with Crippen molar-refractivity contribution in [3.05, 3.63) is 58.5 Å². The van der Waals surface area contributed by atoms with Crippen LogP contribution in [0.15, 0.2) is 47.1 Å². The van der Waals surface area contributed by atoms with Crippen LogP contribution in [0.25, 0.3) is 22.2 Å². The van der Waals surface area contributed by atoms with Crippen molar-refractivity contribution in [2.75, 3.05) is 0 Å². The van der Waals surface area contributed by atoms with E-state index in [0.29, 0.717) is 16.8 Å². The van der Waals surface area contributed by atoms with Crippen molar-refractivity contribution in [3.63, 3.8) is 0 Å². The fraction of sp³-hybridized carbons (Fsp3) is 0.0714. The van der Waals surface area contributed by atoms with Gasteiger partial charge < -0.3 is 4.42 Å². The number of fused-ring (bicyclic) bond motifs is 1. The number of benzene rings is 1. The van der Waals surface area contributed by atoms with Gasteiger partial charge in [0, 0.05) is 10.9 Å². The van der Waals surface area contributed by atoms with E-state index in [-0.39, 0.29) is 11.4 Å². The number of alkyl halides is 3. The fourth-order valence-corrected chi connectivity index (χ4v) is 2.77. The summed E-state index contributed by atoms with van der Waals surface area (Å²) in [7, 11) is 0. The van der Waals surface area contributed by atoms with Gasteiger partial charge in [0.2, 0.25) is 5.76 Å². The predicted molar refractivity (Wildman–Crippen MR) is 94.6 cm³/mol. The molecule has 0 saturated carbocycles. The van der Waals surface area contributed by atoms with E-state index >= 15 is 0 Å². The van der Waals surface area contributed by atoms with Crippen molar-refractivity contribution < 1.29 is 9.34 Å². The number of hydrogen-bond acceptors (Lipinski definition) is 4. The summed E-state index contributed by atoms with van der Waals surface area (Å²) in [4.78, 5) is 15.3. The molecule has 5 nitrogen and oxygen atoms in total. The normalized spacial score (nSPS) is 11.8. The summed E-state index contributed by atoms with van der Waals surface area (Å²) in [5.41, 5.74) is 1.86. The van der Waals surface area contributed by atoms with Gasteiger partial charge in [0.25, 0.3) is 0 Å². The molecule has 0 N–H and O–H groups in total.